The molecule has 3 aromatic rings. The molecule has 0 saturated heterocycles. The second-order valence-corrected chi connectivity index (χ2v) is 5.83. The summed E-state index contributed by atoms with van der Waals surface area (Å²) >= 11 is 1.03. The zero-order valence-electron chi connectivity index (χ0n) is 11.6. The number of aryl methyl sites for hydroxylation is 1. The van der Waals surface area contributed by atoms with Crippen LogP contribution in [0.2, 0.25) is 0 Å². The molecule has 1 N–H and O–H groups in total. The third kappa shape index (κ3) is 2.73. The van der Waals surface area contributed by atoms with Gasteiger partial charge in [-0.1, -0.05) is 0 Å². The van der Waals surface area contributed by atoms with Crippen molar-refractivity contribution in [3.05, 3.63) is 40.7 Å². The summed E-state index contributed by atoms with van der Waals surface area (Å²) in [6, 6.07) is 5.46. The number of hydrogen-bond donors (Lipinski definition) is 1. The number of thiazole rings is 1. The van der Waals surface area contributed by atoms with E-state index < -0.39 is 6.43 Å². The molecule has 1 aromatic carbocycles. The second kappa shape index (κ2) is 5.40. The van der Waals surface area contributed by atoms with Gasteiger partial charge < -0.3 is 5.32 Å². The van der Waals surface area contributed by atoms with E-state index in [4.69, 9.17) is 0 Å². The van der Waals surface area contributed by atoms with Crippen LogP contribution in [0.1, 0.15) is 22.7 Å². The van der Waals surface area contributed by atoms with E-state index >= 15 is 0 Å². The van der Waals surface area contributed by atoms with Gasteiger partial charge in [-0.15, -0.1) is 11.3 Å². The van der Waals surface area contributed by atoms with E-state index in [1.54, 1.807) is 6.07 Å². The van der Waals surface area contributed by atoms with Crippen molar-refractivity contribution in [3.8, 4) is 0 Å². The summed E-state index contributed by atoms with van der Waals surface area (Å²) in [4.78, 5) is 3.92. The van der Waals surface area contributed by atoms with Crippen molar-refractivity contribution < 1.29 is 8.78 Å². The fourth-order valence-electron chi connectivity index (χ4n) is 2.06. The number of benzene rings is 1. The molecule has 0 spiro atoms. The smallest absolute Gasteiger partial charge is 0.289 e. The number of hydrogen-bond acceptors (Lipinski definition) is 4. The molecule has 4 nitrogen and oxygen atoms in total. The molecule has 0 aliphatic heterocycles. The number of anilines is 1. The van der Waals surface area contributed by atoms with Gasteiger partial charge >= 0.3 is 0 Å². The maximum atomic E-state index is 12.6. The summed E-state index contributed by atoms with van der Waals surface area (Å²) in [6.07, 6.45) is -0.695. The highest BCUT2D eigenvalue weighted by Gasteiger charge is 2.13. The van der Waals surface area contributed by atoms with Gasteiger partial charge in [-0.25, -0.2) is 13.8 Å². The standard InChI is InChI=1S/C14H14F2N4S/c1-8-9(7-18-20(8)2)6-17-10-3-4-11-12(5-10)21-14(19-11)13(15)16/h3-5,7,13,17H,6H2,1-2H3. The lowest BCUT2D eigenvalue weighted by molar-refractivity contribution is 0.151. The molecule has 7 heteroatoms. The van der Waals surface area contributed by atoms with E-state index in [9.17, 15) is 8.78 Å². The predicted octanol–water partition coefficient (Wildman–Crippen LogP) is 3.89. The highest BCUT2D eigenvalue weighted by Crippen LogP contribution is 2.30. The molecular formula is C14H14F2N4S. The topological polar surface area (TPSA) is 42.7 Å². The van der Waals surface area contributed by atoms with E-state index in [2.05, 4.69) is 15.4 Å². The Balaban J connectivity index is 1.79. The van der Waals surface area contributed by atoms with Crippen LogP contribution in [0.4, 0.5) is 14.5 Å². The Kier molecular flexibility index (Phi) is 3.59. The van der Waals surface area contributed by atoms with E-state index in [0.29, 0.717) is 12.1 Å². The van der Waals surface area contributed by atoms with E-state index in [1.165, 1.54) is 0 Å². The highest BCUT2D eigenvalue weighted by molar-refractivity contribution is 7.18. The highest BCUT2D eigenvalue weighted by atomic mass is 32.1. The third-order valence-corrected chi connectivity index (χ3v) is 4.44. The normalized spacial score (nSPS) is 11.5. The molecular weight excluding hydrogens is 294 g/mol. The van der Waals surface area contributed by atoms with Gasteiger partial charge in [0, 0.05) is 30.5 Å². The zero-order valence-corrected chi connectivity index (χ0v) is 12.4. The van der Waals surface area contributed by atoms with Crippen molar-refractivity contribution in [3.63, 3.8) is 0 Å². The van der Waals surface area contributed by atoms with E-state index in [-0.39, 0.29) is 5.01 Å². The number of halogens is 2. The van der Waals surface area contributed by atoms with Crippen LogP contribution in [0.15, 0.2) is 24.4 Å². The first-order valence-electron chi connectivity index (χ1n) is 6.44. The quantitative estimate of drug-likeness (QED) is 0.795. The van der Waals surface area contributed by atoms with Crippen LogP contribution < -0.4 is 5.32 Å². The van der Waals surface area contributed by atoms with Crippen molar-refractivity contribution in [2.75, 3.05) is 5.32 Å². The molecule has 0 amide bonds. The molecule has 2 heterocycles. The molecule has 0 atom stereocenters. The van der Waals surface area contributed by atoms with E-state index in [1.807, 2.05) is 37.0 Å². The van der Waals surface area contributed by atoms with Crippen molar-refractivity contribution in [1.82, 2.24) is 14.8 Å². The van der Waals surface area contributed by atoms with Gasteiger partial charge in [0.2, 0.25) is 0 Å². The fourth-order valence-corrected chi connectivity index (χ4v) is 2.92. The molecule has 0 fully saturated rings. The maximum absolute atomic E-state index is 12.6. The number of rotatable bonds is 4. The molecule has 0 radical (unpaired) electrons. The first-order valence-corrected chi connectivity index (χ1v) is 7.26. The van der Waals surface area contributed by atoms with Gasteiger partial charge in [0.1, 0.15) is 0 Å². The molecule has 0 saturated carbocycles. The van der Waals surface area contributed by atoms with E-state index in [0.717, 1.165) is 33.0 Å². The van der Waals surface area contributed by atoms with Gasteiger partial charge in [-0.3, -0.25) is 4.68 Å². The molecule has 0 aliphatic rings. The second-order valence-electron chi connectivity index (χ2n) is 4.77. The van der Waals surface area contributed by atoms with Crippen molar-refractivity contribution in [2.45, 2.75) is 19.9 Å². The SMILES string of the molecule is Cc1c(CNc2ccc3nc(C(F)F)sc3c2)cnn1C. The van der Waals surface area contributed by atoms with Gasteiger partial charge in [0.15, 0.2) is 5.01 Å². The van der Waals surface area contributed by atoms with Gasteiger partial charge in [-0.05, 0) is 25.1 Å². The van der Waals surface area contributed by atoms with Crippen molar-refractivity contribution in [1.29, 1.82) is 0 Å². The van der Waals surface area contributed by atoms with Gasteiger partial charge in [-0.2, -0.15) is 5.10 Å². The lowest BCUT2D eigenvalue weighted by Crippen LogP contribution is -2.01. The number of nitrogens with zero attached hydrogens (tertiary/aromatic N) is 3. The van der Waals surface area contributed by atoms with Gasteiger partial charge in [0.05, 0.1) is 16.4 Å². The molecule has 0 unspecified atom stereocenters. The Hall–Kier alpha value is -2.02. The predicted molar refractivity (Wildman–Crippen MR) is 79.8 cm³/mol. The Morgan fingerprint density at radius 1 is 1.38 bits per heavy atom. The number of fused-ring (bicyclic) bond motifs is 1. The molecule has 2 aromatic heterocycles. The molecule has 21 heavy (non-hydrogen) atoms. The largest absolute Gasteiger partial charge is 0.381 e. The average molecular weight is 308 g/mol. The lowest BCUT2D eigenvalue weighted by Gasteiger charge is -2.06. The molecule has 3 rings (SSSR count). The Morgan fingerprint density at radius 2 is 2.19 bits per heavy atom. The lowest BCUT2D eigenvalue weighted by atomic mass is 10.2. The summed E-state index contributed by atoms with van der Waals surface area (Å²) in [5.74, 6) is 0. The average Bonchev–Trinajstić information content (AvgIpc) is 3.02. The fraction of sp³-hybridized carbons (Fsp3) is 0.286. The Morgan fingerprint density at radius 3 is 2.86 bits per heavy atom. The molecule has 0 bridgehead atoms. The first kappa shape index (κ1) is 13.9. The summed E-state index contributed by atoms with van der Waals surface area (Å²) in [6.45, 7) is 2.65. The van der Waals surface area contributed by atoms with Crippen LogP contribution in [0.5, 0.6) is 0 Å². The number of nitrogens with one attached hydrogen (secondary N) is 1. The minimum absolute atomic E-state index is 0.134. The third-order valence-electron chi connectivity index (χ3n) is 3.41. The summed E-state index contributed by atoms with van der Waals surface area (Å²) in [5.41, 5.74) is 3.70. The summed E-state index contributed by atoms with van der Waals surface area (Å²) in [7, 11) is 1.90. The van der Waals surface area contributed by atoms with Crippen LogP contribution in [-0.2, 0) is 13.6 Å². The monoisotopic (exact) mass is 308 g/mol. The van der Waals surface area contributed by atoms with Crippen LogP contribution in [-0.4, -0.2) is 14.8 Å². The van der Waals surface area contributed by atoms with Crippen molar-refractivity contribution >= 4 is 27.2 Å². The Bertz CT molecular complexity index is 778. The van der Waals surface area contributed by atoms with Crippen LogP contribution in [0, 0.1) is 6.92 Å². The van der Waals surface area contributed by atoms with Crippen LogP contribution >= 0.6 is 11.3 Å². The summed E-state index contributed by atoms with van der Waals surface area (Å²) in [5, 5.41) is 7.34. The number of alkyl halides is 2. The minimum atomic E-state index is -2.52. The van der Waals surface area contributed by atoms with Gasteiger partial charge in [0.25, 0.3) is 6.43 Å². The van der Waals surface area contributed by atoms with Crippen LogP contribution in [0.25, 0.3) is 10.2 Å². The maximum Gasteiger partial charge on any atom is 0.289 e. The molecule has 0 aliphatic carbocycles. The zero-order chi connectivity index (χ0) is 15.0. The molecule has 110 valence electrons. The summed E-state index contributed by atoms with van der Waals surface area (Å²) < 4.78 is 27.9. The Labute approximate surface area is 124 Å². The minimum Gasteiger partial charge on any atom is -0.381 e. The first-order chi connectivity index (χ1) is 10.0. The van der Waals surface area contributed by atoms with Crippen LogP contribution in [0.3, 0.4) is 0 Å². The number of aromatic nitrogens is 3. The van der Waals surface area contributed by atoms with Crippen molar-refractivity contribution in [2.24, 2.45) is 7.05 Å².